The minimum atomic E-state index is -0.772. The second-order valence-electron chi connectivity index (χ2n) is 5.42. The van der Waals surface area contributed by atoms with E-state index in [-0.39, 0.29) is 18.6 Å². The molecule has 1 aromatic rings. The molecule has 1 aliphatic rings. The van der Waals surface area contributed by atoms with Crippen molar-refractivity contribution in [1.82, 2.24) is 5.32 Å². The van der Waals surface area contributed by atoms with E-state index in [2.05, 4.69) is 5.32 Å². The number of halogens is 1. The summed E-state index contributed by atoms with van der Waals surface area (Å²) in [5.74, 6) is -0.244. The van der Waals surface area contributed by atoms with Gasteiger partial charge in [0.2, 0.25) is 5.91 Å². The average Bonchev–Trinajstić information content (AvgIpc) is 3.04. The number of carbonyl (C=O) groups is 1. The van der Waals surface area contributed by atoms with Gasteiger partial charge < -0.3 is 19.9 Å². The van der Waals surface area contributed by atoms with Crippen molar-refractivity contribution in [2.75, 3.05) is 19.8 Å². The van der Waals surface area contributed by atoms with Crippen LogP contribution in [0.25, 0.3) is 0 Å². The van der Waals surface area contributed by atoms with E-state index in [9.17, 15) is 9.90 Å². The van der Waals surface area contributed by atoms with Crippen LogP contribution in [-0.4, -0.2) is 43.0 Å². The Bertz CT molecular complexity index is 474. The first-order chi connectivity index (χ1) is 10.6. The Morgan fingerprint density at radius 1 is 1.50 bits per heavy atom. The molecule has 0 bridgehead atoms. The van der Waals surface area contributed by atoms with Crippen molar-refractivity contribution >= 4 is 17.5 Å². The molecule has 1 saturated heterocycles. The molecule has 0 saturated carbocycles. The van der Waals surface area contributed by atoms with Crippen LogP contribution in [-0.2, 0) is 14.3 Å². The van der Waals surface area contributed by atoms with Gasteiger partial charge in [0.25, 0.3) is 0 Å². The van der Waals surface area contributed by atoms with Crippen LogP contribution < -0.4 is 5.32 Å². The largest absolute Gasteiger partial charge is 0.387 e. The summed E-state index contributed by atoms with van der Waals surface area (Å²) >= 11 is 5.80. The molecule has 5 nitrogen and oxygen atoms in total. The number of ether oxygens (including phenoxy) is 2. The summed E-state index contributed by atoms with van der Waals surface area (Å²) in [5.41, 5.74) is 0.706. The zero-order valence-corrected chi connectivity index (χ0v) is 13.4. The van der Waals surface area contributed by atoms with Crippen molar-refractivity contribution in [3.05, 3.63) is 34.9 Å². The molecular formula is C16H22ClNO4. The zero-order chi connectivity index (χ0) is 15.9. The number of hydrogen-bond acceptors (Lipinski definition) is 4. The first-order valence-electron chi connectivity index (χ1n) is 7.50. The summed E-state index contributed by atoms with van der Waals surface area (Å²) in [6, 6.07) is 6.87. The summed E-state index contributed by atoms with van der Waals surface area (Å²) in [4.78, 5) is 11.9. The summed E-state index contributed by atoms with van der Waals surface area (Å²) in [5, 5.41) is 13.3. The van der Waals surface area contributed by atoms with Crippen LogP contribution in [0.3, 0.4) is 0 Å². The van der Waals surface area contributed by atoms with Crippen molar-refractivity contribution in [3.8, 4) is 0 Å². The molecule has 22 heavy (non-hydrogen) atoms. The Hall–Kier alpha value is -1.14. The normalized spacial score (nSPS) is 20.6. The van der Waals surface area contributed by atoms with Gasteiger partial charge in [-0.1, -0.05) is 23.7 Å². The van der Waals surface area contributed by atoms with E-state index in [1.807, 2.05) is 0 Å². The third kappa shape index (κ3) is 5.25. The first-order valence-corrected chi connectivity index (χ1v) is 7.88. The van der Waals surface area contributed by atoms with Gasteiger partial charge in [-0.2, -0.15) is 0 Å². The van der Waals surface area contributed by atoms with E-state index in [0.717, 1.165) is 19.4 Å². The van der Waals surface area contributed by atoms with Gasteiger partial charge >= 0.3 is 0 Å². The predicted octanol–water partition coefficient (Wildman–Crippen LogP) is 2.07. The van der Waals surface area contributed by atoms with E-state index in [1.54, 1.807) is 31.2 Å². The third-order valence-corrected chi connectivity index (χ3v) is 3.90. The smallest absolute Gasteiger partial charge is 0.248 e. The molecule has 0 aromatic heterocycles. The summed E-state index contributed by atoms with van der Waals surface area (Å²) in [7, 11) is 0. The third-order valence-electron chi connectivity index (χ3n) is 3.65. The molecule has 122 valence electrons. The monoisotopic (exact) mass is 327 g/mol. The number of nitrogens with one attached hydrogen (secondary N) is 1. The van der Waals surface area contributed by atoms with Gasteiger partial charge in [0.15, 0.2) is 0 Å². The highest BCUT2D eigenvalue weighted by Crippen LogP contribution is 2.16. The molecule has 1 amide bonds. The number of amides is 1. The highest BCUT2D eigenvalue weighted by molar-refractivity contribution is 6.30. The molecule has 2 rings (SSSR count). The zero-order valence-electron chi connectivity index (χ0n) is 12.6. The lowest BCUT2D eigenvalue weighted by Crippen LogP contribution is -2.38. The minimum Gasteiger partial charge on any atom is -0.387 e. The molecule has 0 aliphatic carbocycles. The van der Waals surface area contributed by atoms with Crippen molar-refractivity contribution in [2.45, 2.75) is 38.1 Å². The van der Waals surface area contributed by atoms with E-state index in [1.165, 1.54) is 0 Å². The second-order valence-corrected chi connectivity index (χ2v) is 5.86. The van der Waals surface area contributed by atoms with Gasteiger partial charge in [-0.05, 0) is 37.5 Å². The van der Waals surface area contributed by atoms with Crippen LogP contribution in [0.15, 0.2) is 24.3 Å². The lowest BCUT2D eigenvalue weighted by Gasteiger charge is -2.17. The van der Waals surface area contributed by atoms with Crippen LogP contribution in [0.1, 0.15) is 31.4 Å². The quantitative estimate of drug-likeness (QED) is 0.804. The Balaban J connectivity index is 1.70. The molecular weight excluding hydrogens is 306 g/mol. The first kappa shape index (κ1) is 17.2. The van der Waals surface area contributed by atoms with Gasteiger partial charge in [0.1, 0.15) is 6.10 Å². The van der Waals surface area contributed by atoms with Gasteiger partial charge in [0.05, 0.1) is 18.8 Å². The van der Waals surface area contributed by atoms with Gasteiger partial charge in [0, 0.05) is 18.2 Å². The van der Waals surface area contributed by atoms with Crippen LogP contribution in [0, 0.1) is 0 Å². The molecule has 1 heterocycles. The average molecular weight is 328 g/mol. The summed E-state index contributed by atoms with van der Waals surface area (Å²) in [6.07, 6.45) is 0.772. The van der Waals surface area contributed by atoms with Gasteiger partial charge in [-0.25, -0.2) is 0 Å². The topological polar surface area (TPSA) is 67.8 Å². The van der Waals surface area contributed by atoms with Crippen molar-refractivity contribution in [1.29, 1.82) is 0 Å². The fraction of sp³-hybridized carbons (Fsp3) is 0.562. The fourth-order valence-electron chi connectivity index (χ4n) is 2.25. The van der Waals surface area contributed by atoms with E-state index in [4.69, 9.17) is 21.1 Å². The van der Waals surface area contributed by atoms with Gasteiger partial charge in [-0.15, -0.1) is 0 Å². The Morgan fingerprint density at radius 2 is 2.23 bits per heavy atom. The van der Waals surface area contributed by atoms with Crippen molar-refractivity contribution in [2.24, 2.45) is 0 Å². The minimum absolute atomic E-state index is 0.0925. The molecule has 2 N–H and O–H groups in total. The Labute approximate surface area is 135 Å². The maximum absolute atomic E-state index is 11.9. The van der Waals surface area contributed by atoms with Crippen molar-refractivity contribution in [3.63, 3.8) is 0 Å². The molecule has 1 fully saturated rings. The van der Waals surface area contributed by atoms with Crippen LogP contribution in [0.2, 0.25) is 5.02 Å². The molecule has 1 aliphatic heterocycles. The molecule has 0 radical (unpaired) electrons. The van der Waals surface area contributed by atoms with E-state index < -0.39 is 12.2 Å². The second kappa shape index (κ2) is 8.48. The van der Waals surface area contributed by atoms with E-state index in [0.29, 0.717) is 17.2 Å². The molecule has 3 atom stereocenters. The SMILES string of the molecule is C[C@H](OC[C@H]1CCCO1)C(=O)NC[C@H](O)c1ccc(Cl)cc1. The number of aliphatic hydroxyl groups excluding tert-OH is 1. The Kier molecular flexibility index (Phi) is 6.64. The summed E-state index contributed by atoms with van der Waals surface area (Å²) in [6.45, 7) is 3.02. The lowest BCUT2D eigenvalue weighted by molar-refractivity contribution is -0.134. The van der Waals surface area contributed by atoms with Crippen LogP contribution >= 0.6 is 11.6 Å². The van der Waals surface area contributed by atoms with Crippen molar-refractivity contribution < 1.29 is 19.4 Å². The van der Waals surface area contributed by atoms with E-state index >= 15 is 0 Å². The fourth-order valence-corrected chi connectivity index (χ4v) is 2.37. The van der Waals surface area contributed by atoms with Crippen LogP contribution in [0.5, 0.6) is 0 Å². The maximum atomic E-state index is 11.9. The molecule has 0 unspecified atom stereocenters. The van der Waals surface area contributed by atoms with Crippen LogP contribution in [0.4, 0.5) is 0 Å². The Morgan fingerprint density at radius 3 is 2.86 bits per heavy atom. The number of aliphatic hydroxyl groups is 1. The van der Waals surface area contributed by atoms with Gasteiger partial charge in [-0.3, -0.25) is 4.79 Å². The summed E-state index contributed by atoms with van der Waals surface area (Å²) < 4.78 is 10.9. The highest BCUT2D eigenvalue weighted by Gasteiger charge is 2.20. The number of rotatable bonds is 7. The number of carbonyl (C=O) groups excluding carboxylic acids is 1. The highest BCUT2D eigenvalue weighted by atomic mass is 35.5. The lowest BCUT2D eigenvalue weighted by atomic mass is 10.1. The maximum Gasteiger partial charge on any atom is 0.248 e. The molecule has 6 heteroatoms. The number of hydrogen-bond donors (Lipinski definition) is 2. The molecule has 1 aromatic carbocycles. The predicted molar refractivity (Wildman–Crippen MR) is 83.8 cm³/mol. The standard InChI is InChI=1S/C16H22ClNO4/c1-11(22-10-14-3-2-8-21-14)16(20)18-9-15(19)12-4-6-13(17)7-5-12/h4-7,11,14-15,19H,2-3,8-10H2,1H3,(H,18,20)/t11-,14+,15-/m0/s1. The number of benzene rings is 1. The molecule has 0 spiro atoms.